The van der Waals surface area contributed by atoms with Crippen LogP contribution < -0.4 is 0 Å². The molecule has 2 aliphatic rings. The van der Waals surface area contributed by atoms with E-state index in [2.05, 4.69) is 24.9 Å². The fraction of sp³-hybridized carbons (Fsp3) is 0.500. The van der Waals surface area contributed by atoms with E-state index in [0.29, 0.717) is 0 Å². The molecule has 0 radical (unpaired) electrons. The third-order valence-corrected chi connectivity index (χ3v) is 2.34. The second-order valence-electron chi connectivity index (χ2n) is 3.50. The highest BCUT2D eigenvalue weighted by atomic mass is 14.8. The minimum absolute atomic E-state index is 1.17. The van der Waals surface area contributed by atoms with Crippen LogP contribution in [-0.4, -0.2) is 5.71 Å². The lowest BCUT2D eigenvalue weighted by Gasteiger charge is -2.10. The molecule has 0 bridgehead atoms. The molecule has 1 aliphatic carbocycles. The molecule has 0 unspecified atom stereocenters. The number of hydrogen-bond acceptors (Lipinski definition) is 1. The van der Waals surface area contributed by atoms with Gasteiger partial charge < -0.3 is 0 Å². The molecule has 0 atom stereocenters. The average Bonchev–Trinajstić information content (AvgIpc) is 2.27. The maximum Gasteiger partial charge on any atom is 0.0623 e. The van der Waals surface area contributed by atoms with Crippen LogP contribution in [0, 0.1) is 0 Å². The summed E-state index contributed by atoms with van der Waals surface area (Å²) in [7, 11) is 0. The van der Waals surface area contributed by atoms with Crippen molar-refractivity contribution in [3.8, 4) is 0 Å². The smallest absolute Gasteiger partial charge is 0.0623 e. The summed E-state index contributed by atoms with van der Waals surface area (Å²) >= 11 is 0. The molecular weight excluding hydrogens is 134 g/mol. The first-order valence-electron chi connectivity index (χ1n) is 4.19. The van der Waals surface area contributed by atoms with Crippen LogP contribution in [0.3, 0.4) is 0 Å². The van der Waals surface area contributed by atoms with Gasteiger partial charge in [-0.3, -0.25) is 4.99 Å². The molecule has 0 fully saturated rings. The number of allylic oxidation sites excluding steroid dienone is 3. The minimum Gasteiger partial charge on any atom is -0.258 e. The first kappa shape index (κ1) is 6.84. The van der Waals surface area contributed by atoms with Crippen molar-refractivity contribution in [1.29, 1.82) is 0 Å². The Kier molecular flexibility index (Phi) is 1.45. The highest BCUT2D eigenvalue weighted by Gasteiger charge is 2.16. The van der Waals surface area contributed by atoms with Gasteiger partial charge in [0.05, 0.1) is 5.70 Å². The summed E-state index contributed by atoms with van der Waals surface area (Å²) in [6, 6.07) is 0. The lowest BCUT2D eigenvalue weighted by Crippen LogP contribution is -1.99. The van der Waals surface area contributed by atoms with E-state index in [1.807, 2.05) is 0 Å². The van der Waals surface area contributed by atoms with Crippen molar-refractivity contribution in [1.82, 2.24) is 0 Å². The van der Waals surface area contributed by atoms with Crippen LogP contribution in [0.2, 0.25) is 0 Å². The van der Waals surface area contributed by atoms with E-state index < -0.39 is 0 Å². The Bertz CT molecular complexity index is 279. The summed E-state index contributed by atoms with van der Waals surface area (Å²) in [4.78, 5) is 4.51. The lowest BCUT2D eigenvalue weighted by atomic mass is 10.0. The Morgan fingerprint density at radius 1 is 1.27 bits per heavy atom. The average molecular weight is 147 g/mol. The van der Waals surface area contributed by atoms with Gasteiger partial charge in [0.2, 0.25) is 0 Å². The molecule has 0 aromatic heterocycles. The molecule has 0 amide bonds. The molecule has 1 aliphatic heterocycles. The Morgan fingerprint density at radius 2 is 2.09 bits per heavy atom. The van der Waals surface area contributed by atoms with Crippen molar-refractivity contribution in [2.45, 2.75) is 33.1 Å². The minimum atomic E-state index is 1.17. The van der Waals surface area contributed by atoms with Crippen LogP contribution in [0.15, 0.2) is 27.9 Å². The van der Waals surface area contributed by atoms with Gasteiger partial charge >= 0.3 is 0 Å². The SMILES string of the molecule is CC1=CC2=C(CCC(C)=N2)C1. The molecule has 0 aromatic rings. The third-order valence-electron chi connectivity index (χ3n) is 2.34. The van der Waals surface area contributed by atoms with Crippen molar-refractivity contribution in [2.24, 2.45) is 4.99 Å². The standard InChI is InChI=1S/C10H13N/c1-7-5-9-4-3-8(2)11-10(9)6-7/h6H,3-5H2,1-2H3. The highest BCUT2D eigenvalue weighted by Crippen LogP contribution is 2.32. The number of aliphatic imine (C=N–C) groups is 1. The Balaban J connectivity index is 2.33. The molecular formula is C10H13N. The topological polar surface area (TPSA) is 12.4 Å². The zero-order chi connectivity index (χ0) is 7.84. The van der Waals surface area contributed by atoms with Crippen LogP contribution in [0.25, 0.3) is 0 Å². The van der Waals surface area contributed by atoms with E-state index in [4.69, 9.17) is 0 Å². The van der Waals surface area contributed by atoms with Gasteiger partial charge in [-0.1, -0.05) is 5.57 Å². The molecule has 0 saturated carbocycles. The highest BCUT2D eigenvalue weighted by molar-refractivity contribution is 5.84. The Morgan fingerprint density at radius 3 is 2.91 bits per heavy atom. The van der Waals surface area contributed by atoms with Crippen molar-refractivity contribution in [3.05, 3.63) is 22.9 Å². The van der Waals surface area contributed by atoms with E-state index in [1.165, 1.54) is 36.2 Å². The van der Waals surface area contributed by atoms with Gasteiger partial charge in [0.15, 0.2) is 0 Å². The predicted octanol–water partition coefficient (Wildman–Crippen LogP) is 2.85. The fourth-order valence-corrected chi connectivity index (χ4v) is 1.73. The molecule has 2 rings (SSSR count). The van der Waals surface area contributed by atoms with Crippen LogP contribution in [0.5, 0.6) is 0 Å². The largest absolute Gasteiger partial charge is 0.258 e. The van der Waals surface area contributed by atoms with Crippen LogP contribution in [-0.2, 0) is 0 Å². The molecule has 1 nitrogen and oxygen atoms in total. The summed E-state index contributed by atoms with van der Waals surface area (Å²) in [5, 5.41) is 0. The molecule has 58 valence electrons. The van der Waals surface area contributed by atoms with E-state index in [9.17, 15) is 0 Å². The molecule has 0 aromatic carbocycles. The van der Waals surface area contributed by atoms with E-state index >= 15 is 0 Å². The van der Waals surface area contributed by atoms with Gasteiger partial charge in [0.1, 0.15) is 0 Å². The molecule has 11 heavy (non-hydrogen) atoms. The second kappa shape index (κ2) is 2.33. The van der Waals surface area contributed by atoms with Gasteiger partial charge in [-0.25, -0.2) is 0 Å². The number of hydrogen-bond donors (Lipinski definition) is 0. The maximum absolute atomic E-state index is 4.51. The van der Waals surface area contributed by atoms with Gasteiger partial charge in [-0.15, -0.1) is 0 Å². The van der Waals surface area contributed by atoms with Crippen molar-refractivity contribution >= 4 is 5.71 Å². The monoisotopic (exact) mass is 147 g/mol. The second-order valence-corrected chi connectivity index (χ2v) is 3.50. The number of nitrogens with zero attached hydrogens (tertiary/aromatic N) is 1. The van der Waals surface area contributed by atoms with Gasteiger partial charge in [0.25, 0.3) is 0 Å². The summed E-state index contributed by atoms with van der Waals surface area (Å²) in [6.07, 6.45) is 5.79. The van der Waals surface area contributed by atoms with E-state index in [0.717, 1.165) is 0 Å². The maximum atomic E-state index is 4.51. The third kappa shape index (κ3) is 1.15. The molecule has 1 heteroatoms. The van der Waals surface area contributed by atoms with E-state index in [1.54, 1.807) is 5.57 Å². The Hall–Kier alpha value is -0.850. The predicted molar refractivity (Wildman–Crippen MR) is 47.7 cm³/mol. The lowest BCUT2D eigenvalue weighted by molar-refractivity contribution is 0.918. The summed E-state index contributed by atoms with van der Waals surface area (Å²) in [5.74, 6) is 0. The zero-order valence-corrected chi connectivity index (χ0v) is 7.15. The van der Waals surface area contributed by atoms with Crippen molar-refractivity contribution in [2.75, 3.05) is 0 Å². The number of rotatable bonds is 0. The van der Waals surface area contributed by atoms with Gasteiger partial charge in [-0.2, -0.15) is 0 Å². The van der Waals surface area contributed by atoms with E-state index in [-0.39, 0.29) is 0 Å². The van der Waals surface area contributed by atoms with Gasteiger partial charge in [0, 0.05) is 5.71 Å². The zero-order valence-electron chi connectivity index (χ0n) is 7.15. The fourth-order valence-electron chi connectivity index (χ4n) is 1.73. The summed E-state index contributed by atoms with van der Waals surface area (Å²) < 4.78 is 0. The summed E-state index contributed by atoms with van der Waals surface area (Å²) in [6.45, 7) is 4.30. The molecule has 0 spiro atoms. The van der Waals surface area contributed by atoms with Crippen molar-refractivity contribution < 1.29 is 0 Å². The Labute approximate surface area is 67.5 Å². The first-order valence-corrected chi connectivity index (χ1v) is 4.19. The summed E-state index contributed by atoms with van der Waals surface area (Å²) in [5.41, 5.74) is 5.56. The molecule has 0 N–H and O–H groups in total. The molecule has 0 saturated heterocycles. The quantitative estimate of drug-likeness (QED) is 0.499. The van der Waals surface area contributed by atoms with Gasteiger partial charge in [-0.05, 0) is 44.8 Å². The van der Waals surface area contributed by atoms with Crippen LogP contribution in [0.4, 0.5) is 0 Å². The first-order chi connectivity index (χ1) is 5.25. The van der Waals surface area contributed by atoms with Crippen molar-refractivity contribution in [3.63, 3.8) is 0 Å². The van der Waals surface area contributed by atoms with Crippen LogP contribution in [0.1, 0.15) is 33.1 Å². The normalized spacial score (nSPS) is 23.1. The van der Waals surface area contributed by atoms with Crippen LogP contribution >= 0.6 is 0 Å². The molecule has 1 heterocycles.